The van der Waals surface area contributed by atoms with Gasteiger partial charge in [0.05, 0.1) is 12.9 Å². The zero-order chi connectivity index (χ0) is 23.4. The number of thioether (sulfide) groups is 1. The van der Waals surface area contributed by atoms with Crippen LogP contribution in [-0.2, 0) is 16.1 Å². The number of rotatable bonds is 8. The van der Waals surface area contributed by atoms with Gasteiger partial charge < -0.3 is 14.6 Å². The van der Waals surface area contributed by atoms with Gasteiger partial charge in [0.2, 0.25) is 5.91 Å². The Morgan fingerprint density at radius 3 is 2.58 bits per heavy atom. The van der Waals surface area contributed by atoms with Crippen molar-refractivity contribution in [3.8, 4) is 22.5 Å². The maximum absolute atomic E-state index is 12.7. The number of benzene rings is 1. The first-order valence-corrected chi connectivity index (χ1v) is 12.9. The van der Waals surface area contributed by atoms with Crippen LogP contribution in [0.2, 0.25) is 0 Å². The lowest BCUT2D eigenvalue weighted by Gasteiger charge is -2.08. The van der Waals surface area contributed by atoms with Crippen LogP contribution >= 0.6 is 34.4 Å². The molecule has 0 bridgehead atoms. The normalized spacial score (nSPS) is 10.9. The highest BCUT2D eigenvalue weighted by atomic mass is 32.2. The highest BCUT2D eigenvalue weighted by Gasteiger charge is 2.23. The molecule has 7 nitrogen and oxygen atoms in total. The van der Waals surface area contributed by atoms with Crippen LogP contribution in [0.15, 0.2) is 52.3 Å². The van der Waals surface area contributed by atoms with Crippen LogP contribution in [0.5, 0.6) is 0 Å². The largest absolute Gasteiger partial charge is 0.465 e. The van der Waals surface area contributed by atoms with E-state index in [4.69, 9.17) is 4.74 Å². The first-order chi connectivity index (χ1) is 16.0. The van der Waals surface area contributed by atoms with Crippen LogP contribution in [0.25, 0.3) is 22.5 Å². The van der Waals surface area contributed by atoms with Crippen molar-refractivity contribution in [2.24, 2.45) is 0 Å². The van der Waals surface area contributed by atoms with E-state index in [9.17, 15) is 9.59 Å². The molecule has 1 aromatic carbocycles. The van der Waals surface area contributed by atoms with E-state index in [1.165, 1.54) is 35.1 Å². The van der Waals surface area contributed by atoms with Gasteiger partial charge >= 0.3 is 5.97 Å². The molecule has 33 heavy (non-hydrogen) atoms. The summed E-state index contributed by atoms with van der Waals surface area (Å²) >= 11 is 4.28. The molecule has 0 spiro atoms. The molecular weight excluding hydrogens is 476 g/mol. The summed E-state index contributed by atoms with van der Waals surface area (Å²) in [6, 6.07) is 11.6. The molecule has 0 unspecified atom stereocenters. The number of anilines is 1. The Hall–Kier alpha value is -2.95. The second-order valence-corrected chi connectivity index (χ2v) is 9.98. The number of amides is 1. The minimum Gasteiger partial charge on any atom is -0.465 e. The van der Waals surface area contributed by atoms with Crippen molar-refractivity contribution >= 4 is 51.3 Å². The molecule has 3 heterocycles. The summed E-state index contributed by atoms with van der Waals surface area (Å²) in [6.07, 6.45) is 0. The van der Waals surface area contributed by atoms with E-state index >= 15 is 0 Å². The molecule has 170 valence electrons. The quantitative estimate of drug-likeness (QED) is 0.252. The SMILES string of the molecule is CCn1c(SCC(=O)Nc2scc(-c3ccccc3)c2C(=O)OC)nnc1-c1csc(C)c1. The van der Waals surface area contributed by atoms with Crippen LogP contribution in [-0.4, -0.2) is 39.5 Å². The van der Waals surface area contributed by atoms with E-state index in [1.807, 2.05) is 47.2 Å². The van der Waals surface area contributed by atoms with Gasteiger partial charge in [-0.2, -0.15) is 0 Å². The number of thiophene rings is 2. The number of aromatic nitrogens is 3. The van der Waals surface area contributed by atoms with E-state index in [-0.39, 0.29) is 11.7 Å². The fraction of sp³-hybridized carbons (Fsp3) is 0.217. The fourth-order valence-corrected chi connectivity index (χ4v) is 5.79. The minimum atomic E-state index is -0.487. The highest BCUT2D eigenvalue weighted by molar-refractivity contribution is 7.99. The molecule has 0 atom stereocenters. The summed E-state index contributed by atoms with van der Waals surface area (Å²) in [4.78, 5) is 26.4. The first kappa shape index (κ1) is 23.2. The van der Waals surface area contributed by atoms with E-state index in [2.05, 4.69) is 33.9 Å². The summed E-state index contributed by atoms with van der Waals surface area (Å²) in [5, 5.41) is 16.5. The zero-order valence-electron chi connectivity index (χ0n) is 18.3. The lowest BCUT2D eigenvalue weighted by atomic mass is 10.0. The van der Waals surface area contributed by atoms with Crippen molar-refractivity contribution in [1.82, 2.24) is 14.8 Å². The maximum Gasteiger partial charge on any atom is 0.341 e. The zero-order valence-corrected chi connectivity index (χ0v) is 20.8. The third-order valence-electron chi connectivity index (χ3n) is 4.87. The summed E-state index contributed by atoms with van der Waals surface area (Å²) in [5.41, 5.74) is 3.00. The average molecular weight is 499 g/mol. The van der Waals surface area contributed by atoms with Gasteiger partial charge in [-0.15, -0.1) is 32.9 Å². The third-order valence-corrected chi connectivity index (χ3v) is 7.60. The molecule has 0 aliphatic rings. The molecule has 0 fully saturated rings. The Bertz CT molecular complexity index is 1280. The number of carbonyl (C=O) groups is 2. The number of hydrogen-bond acceptors (Lipinski definition) is 8. The molecule has 3 aromatic heterocycles. The van der Waals surface area contributed by atoms with Gasteiger partial charge in [0.1, 0.15) is 10.6 Å². The molecule has 0 aliphatic heterocycles. The van der Waals surface area contributed by atoms with Gasteiger partial charge in [-0.25, -0.2) is 4.79 Å². The molecule has 4 aromatic rings. The molecule has 0 saturated heterocycles. The summed E-state index contributed by atoms with van der Waals surface area (Å²) in [6.45, 7) is 4.77. The predicted octanol–water partition coefficient (Wildman–Crippen LogP) is 5.58. The first-order valence-electron chi connectivity index (χ1n) is 10.2. The molecule has 1 amide bonds. The van der Waals surface area contributed by atoms with Gasteiger partial charge in [-0.05, 0) is 25.5 Å². The van der Waals surface area contributed by atoms with Gasteiger partial charge in [0.15, 0.2) is 11.0 Å². The number of esters is 1. The fourth-order valence-electron chi connectivity index (χ4n) is 3.33. The smallest absolute Gasteiger partial charge is 0.341 e. The van der Waals surface area contributed by atoms with Crippen molar-refractivity contribution in [1.29, 1.82) is 0 Å². The van der Waals surface area contributed by atoms with E-state index in [0.29, 0.717) is 22.3 Å². The van der Waals surface area contributed by atoms with Crippen molar-refractivity contribution in [3.05, 3.63) is 57.6 Å². The van der Waals surface area contributed by atoms with Gasteiger partial charge in [-0.1, -0.05) is 42.1 Å². The lowest BCUT2D eigenvalue weighted by molar-refractivity contribution is -0.113. The summed E-state index contributed by atoms with van der Waals surface area (Å²) < 4.78 is 6.97. The number of nitrogens with one attached hydrogen (secondary N) is 1. The second kappa shape index (κ2) is 10.3. The van der Waals surface area contributed by atoms with Gasteiger partial charge in [0.25, 0.3) is 0 Å². The van der Waals surface area contributed by atoms with Crippen molar-refractivity contribution < 1.29 is 14.3 Å². The Kier molecular flexibility index (Phi) is 7.26. The molecule has 10 heteroatoms. The van der Waals surface area contributed by atoms with E-state index < -0.39 is 5.97 Å². The van der Waals surface area contributed by atoms with Crippen molar-refractivity contribution in [3.63, 3.8) is 0 Å². The maximum atomic E-state index is 12.7. The highest BCUT2D eigenvalue weighted by Crippen LogP contribution is 2.36. The lowest BCUT2D eigenvalue weighted by Crippen LogP contribution is -2.16. The number of nitrogens with zero attached hydrogens (tertiary/aromatic N) is 3. The van der Waals surface area contributed by atoms with Crippen LogP contribution < -0.4 is 5.32 Å². The minimum absolute atomic E-state index is 0.139. The van der Waals surface area contributed by atoms with Crippen molar-refractivity contribution in [2.45, 2.75) is 25.5 Å². The number of aryl methyl sites for hydroxylation is 1. The van der Waals surface area contributed by atoms with Crippen LogP contribution in [0.4, 0.5) is 5.00 Å². The molecule has 0 saturated carbocycles. The average Bonchev–Trinajstić information content (AvgIpc) is 3.55. The molecular formula is C23H22N4O3S3. The monoisotopic (exact) mass is 498 g/mol. The van der Waals surface area contributed by atoms with Gasteiger partial charge in [-0.3, -0.25) is 4.79 Å². The van der Waals surface area contributed by atoms with Crippen molar-refractivity contribution in [2.75, 3.05) is 18.2 Å². The van der Waals surface area contributed by atoms with E-state index in [0.717, 1.165) is 22.5 Å². The van der Waals surface area contributed by atoms with Gasteiger partial charge in [0, 0.05) is 33.3 Å². The Morgan fingerprint density at radius 2 is 1.91 bits per heavy atom. The molecule has 1 N–H and O–H groups in total. The number of methoxy groups -OCH3 is 1. The number of ether oxygens (including phenoxy) is 1. The van der Waals surface area contributed by atoms with Crippen LogP contribution in [0, 0.1) is 6.92 Å². The van der Waals surface area contributed by atoms with Crippen LogP contribution in [0.3, 0.4) is 0 Å². The Balaban J connectivity index is 1.49. The topological polar surface area (TPSA) is 86.1 Å². The molecule has 0 radical (unpaired) electrons. The van der Waals surface area contributed by atoms with Crippen LogP contribution in [0.1, 0.15) is 22.2 Å². The standard InChI is InChI=1S/C23H22N4O3S3/c1-4-27-20(16-10-14(2)31-11-16)25-26-23(27)33-13-18(28)24-21-19(22(29)30-3)17(12-32-21)15-8-6-5-7-9-15/h5-12H,4,13H2,1-3H3,(H,24,28). The molecule has 4 rings (SSSR count). The number of carbonyl (C=O) groups excluding carboxylic acids is 2. The van der Waals surface area contributed by atoms with E-state index in [1.54, 1.807) is 11.3 Å². The summed E-state index contributed by atoms with van der Waals surface area (Å²) in [7, 11) is 1.33. The predicted molar refractivity (Wildman–Crippen MR) is 134 cm³/mol. The summed E-state index contributed by atoms with van der Waals surface area (Å²) in [5.74, 6) is 0.216. The number of hydrogen-bond donors (Lipinski definition) is 1. The second-order valence-electron chi connectivity index (χ2n) is 7.04. The molecule has 0 aliphatic carbocycles. The Labute approximate surface area is 203 Å². The Morgan fingerprint density at radius 1 is 1.12 bits per heavy atom. The third kappa shape index (κ3) is 5.02.